The minimum absolute atomic E-state index is 0.00379. The van der Waals surface area contributed by atoms with Crippen molar-refractivity contribution in [2.75, 3.05) is 24.7 Å². The Bertz CT molecular complexity index is 989. The van der Waals surface area contributed by atoms with Gasteiger partial charge in [0.05, 0.1) is 11.1 Å². The maximum absolute atomic E-state index is 13.1. The first-order valence-corrected chi connectivity index (χ1v) is 9.62. The van der Waals surface area contributed by atoms with Gasteiger partial charge in [-0.05, 0) is 45.1 Å². The molecule has 5 nitrogen and oxygen atoms in total. The van der Waals surface area contributed by atoms with E-state index in [0.29, 0.717) is 18.6 Å². The van der Waals surface area contributed by atoms with Gasteiger partial charge in [-0.1, -0.05) is 12.8 Å². The minimum Gasteiger partial charge on any atom is -0.376 e. The zero-order valence-corrected chi connectivity index (χ0v) is 16.7. The molecular weight excluding hydrogens is 428 g/mol. The number of anilines is 3. The van der Waals surface area contributed by atoms with E-state index in [1.165, 1.54) is 0 Å². The molecule has 0 saturated heterocycles. The molecule has 2 aromatic carbocycles. The van der Waals surface area contributed by atoms with Crippen molar-refractivity contribution in [1.82, 2.24) is 4.90 Å². The summed E-state index contributed by atoms with van der Waals surface area (Å²) in [6, 6.07) is 0.824. The number of nitrogens with one attached hydrogen (secondary N) is 2. The number of nitrogens with zero attached hydrogens (tertiary/aromatic N) is 1. The molecule has 31 heavy (non-hydrogen) atoms. The summed E-state index contributed by atoms with van der Waals surface area (Å²) in [5.74, 6) is 0. The van der Waals surface area contributed by atoms with Crippen LogP contribution in [0.15, 0.2) is 27.8 Å². The van der Waals surface area contributed by atoms with Crippen molar-refractivity contribution < 1.29 is 26.3 Å². The van der Waals surface area contributed by atoms with E-state index in [1.54, 1.807) is 0 Å². The Kier molecular flexibility index (Phi) is 6.09. The van der Waals surface area contributed by atoms with E-state index in [4.69, 9.17) is 0 Å². The number of likely N-dealkylation sites (N-methyl/N-ethyl adjacent to an activating group) is 1. The highest BCUT2D eigenvalue weighted by atomic mass is 19.4. The molecule has 2 atom stereocenters. The number of halogens is 6. The molecule has 170 valence electrons. The fourth-order valence-electron chi connectivity index (χ4n) is 3.90. The monoisotopic (exact) mass is 449 g/mol. The van der Waals surface area contributed by atoms with Crippen LogP contribution < -0.4 is 21.5 Å². The van der Waals surface area contributed by atoms with Gasteiger partial charge in [-0.15, -0.1) is 0 Å². The van der Waals surface area contributed by atoms with Gasteiger partial charge in [0.2, 0.25) is 0 Å². The van der Waals surface area contributed by atoms with Gasteiger partial charge in [-0.2, -0.15) is 26.3 Å². The largest absolute Gasteiger partial charge is 0.416 e. The normalized spacial score (nSPS) is 20.3. The van der Waals surface area contributed by atoms with Gasteiger partial charge < -0.3 is 15.5 Å². The average Bonchev–Trinajstić information content (AvgIpc) is 2.69. The lowest BCUT2D eigenvalue weighted by Crippen LogP contribution is -2.48. The molecule has 11 heteroatoms. The molecule has 0 bridgehead atoms. The topological polar surface area (TPSA) is 61.4 Å². The van der Waals surface area contributed by atoms with Crippen molar-refractivity contribution in [3.8, 4) is 0 Å². The lowest BCUT2D eigenvalue weighted by molar-refractivity contribution is -0.143. The van der Waals surface area contributed by atoms with E-state index in [9.17, 15) is 35.9 Å². The van der Waals surface area contributed by atoms with Crippen LogP contribution in [0.1, 0.15) is 36.8 Å². The fourth-order valence-corrected chi connectivity index (χ4v) is 3.90. The Morgan fingerprint density at radius 2 is 1.35 bits per heavy atom. The highest BCUT2D eigenvalue weighted by Crippen LogP contribution is 2.38. The number of rotatable bonds is 5. The molecule has 0 spiro atoms. The SMILES string of the molecule is CN(C)[C@@H]1CCCC[C@H]1Nc1c(Nc2cc(C(F)(F)F)cc(C(F)(F)F)c2)c(=O)c1=O. The number of hydrogen-bond donors (Lipinski definition) is 2. The van der Waals surface area contributed by atoms with Crippen LogP contribution in [-0.4, -0.2) is 31.1 Å². The van der Waals surface area contributed by atoms with E-state index >= 15 is 0 Å². The average molecular weight is 449 g/mol. The molecule has 2 aromatic rings. The summed E-state index contributed by atoms with van der Waals surface area (Å²) in [7, 11) is 3.74. The molecule has 1 fully saturated rings. The summed E-state index contributed by atoms with van der Waals surface area (Å²) in [4.78, 5) is 26.1. The smallest absolute Gasteiger partial charge is 0.376 e. The molecule has 0 amide bonds. The third kappa shape index (κ3) is 4.86. The molecule has 0 aliphatic heterocycles. The standard InChI is InChI=1S/C20H21F6N3O2/c1-29(2)14-6-4-3-5-13(14)28-16-15(17(30)18(16)31)27-12-8-10(19(21,22)23)7-11(9-12)20(24,25)26/h7-9,13-14,27-28H,3-6H2,1-2H3/t13-,14-/m1/s1. The molecule has 0 unspecified atom stereocenters. The van der Waals surface area contributed by atoms with Gasteiger partial charge in [0, 0.05) is 17.8 Å². The van der Waals surface area contributed by atoms with Crippen LogP contribution in [0.25, 0.3) is 0 Å². The predicted molar refractivity (Wildman–Crippen MR) is 104 cm³/mol. The first kappa shape index (κ1) is 23.1. The van der Waals surface area contributed by atoms with Gasteiger partial charge >= 0.3 is 12.4 Å². The summed E-state index contributed by atoms with van der Waals surface area (Å²) in [6.45, 7) is 0. The van der Waals surface area contributed by atoms with Gasteiger partial charge in [0.25, 0.3) is 10.9 Å². The predicted octanol–water partition coefficient (Wildman–Crippen LogP) is 4.35. The Morgan fingerprint density at radius 1 is 0.839 bits per heavy atom. The highest BCUT2D eigenvalue weighted by molar-refractivity contribution is 5.79. The van der Waals surface area contributed by atoms with E-state index < -0.39 is 40.0 Å². The van der Waals surface area contributed by atoms with Crippen LogP contribution in [0.5, 0.6) is 0 Å². The third-order valence-electron chi connectivity index (χ3n) is 5.49. The molecule has 1 aliphatic carbocycles. The molecule has 0 radical (unpaired) electrons. The third-order valence-corrected chi connectivity index (χ3v) is 5.49. The number of benzene rings is 1. The minimum atomic E-state index is -5.02. The molecule has 0 aromatic heterocycles. The summed E-state index contributed by atoms with van der Waals surface area (Å²) >= 11 is 0. The van der Waals surface area contributed by atoms with Crippen molar-refractivity contribution in [3.05, 3.63) is 49.8 Å². The van der Waals surface area contributed by atoms with Crippen LogP contribution in [0.2, 0.25) is 0 Å². The summed E-state index contributed by atoms with van der Waals surface area (Å²) in [5, 5.41) is 5.29. The summed E-state index contributed by atoms with van der Waals surface area (Å²) < 4.78 is 78.4. The van der Waals surface area contributed by atoms with E-state index in [-0.39, 0.29) is 29.5 Å². The second kappa shape index (κ2) is 8.18. The molecular formula is C20H21F6N3O2. The highest BCUT2D eigenvalue weighted by Gasteiger charge is 2.37. The Hall–Kier alpha value is -2.56. The maximum Gasteiger partial charge on any atom is 0.416 e. The van der Waals surface area contributed by atoms with Crippen LogP contribution in [0.4, 0.5) is 43.4 Å². The van der Waals surface area contributed by atoms with Crippen LogP contribution >= 0.6 is 0 Å². The van der Waals surface area contributed by atoms with Crippen LogP contribution in [-0.2, 0) is 12.4 Å². The summed E-state index contributed by atoms with van der Waals surface area (Å²) in [5.41, 5.74) is -5.91. The molecule has 1 saturated carbocycles. The maximum atomic E-state index is 13.1. The molecule has 3 rings (SSSR count). The van der Waals surface area contributed by atoms with Gasteiger partial charge in [-0.3, -0.25) is 9.59 Å². The van der Waals surface area contributed by atoms with Crippen LogP contribution in [0, 0.1) is 0 Å². The quantitative estimate of drug-likeness (QED) is 0.525. The van der Waals surface area contributed by atoms with Gasteiger partial charge in [-0.25, -0.2) is 0 Å². The van der Waals surface area contributed by atoms with Crippen LogP contribution in [0.3, 0.4) is 0 Å². The van der Waals surface area contributed by atoms with E-state index in [1.807, 2.05) is 19.0 Å². The molecule has 0 heterocycles. The zero-order valence-electron chi connectivity index (χ0n) is 16.7. The van der Waals surface area contributed by atoms with Crippen molar-refractivity contribution >= 4 is 17.1 Å². The Balaban J connectivity index is 1.93. The van der Waals surface area contributed by atoms with E-state index in [2.05, 4.69) is 10.6 Å². The van der Waals surface area contributed by atoms with Crippen molar-refractivity contribution in [2.24, 2.45) is 0 Å². The zero-order chi connectivity index (χ0) is 23.1. The lowest BCUT2D eigenvalue weighted by Gasteiger charge is -2.37. The van der Waals surface area contributed by atoms with E-state index in [0.717, 1.165) is 19.3 Å². The van der Waals surface area contributed by atoms with Crippen molar-refractivity contribution in [3.63, 3.8) is 0 Å². The van der Waals surface area contributed by atoms with Gasteiger partial charge in [0.1, 0.15) is 11.4 Å². The van der Waals surface area contributed by atoms with Crippen molar-refractivity contribution in [2.45, 2.75) is 50.1 Å². The Labute approximate surface area is 173 Å². The first-order chi connectivity index (χ1) is 14.3. The second-order valence-corrected chi connectivity index (χ2v) is 7.89. The Morgan fingerprint density at radius 3 is 1.87 bits per heavy atom. The first-order valence-electron chi connectivity index (χ1n) is 9.62. The number of hydrogen-bond acceptors (Lipinski definition) is 5. The molecule has 2 N–H and O–H groups in total. The number of alkyl halides is 6. The summed E-state index contributed by atoms with van der Waals surface area (Å²) in [6.07, 6.45) is -6.60. The molecule has 1 aliphatic rings. The second-order valence-electron chi connectivity index (χ2n) is 7.89. The van der Waals surface area contributed by atoms with Crippen molar-refractivity contribution in [1.29, 1.82) is 0 Å². The lowest BCUT2D eigenvalue weighted by atomic mass is 9.89. The fraction of sp³-hybridized carbons (Fsp3) is 0.500. The van der Waals surface area contributed by atoms with Gasteiger partial charge in [0.15, 0.2) is 0 Å².